The van der Waals surface area contributed by atoms with E-state index < -0.39 is 5.97 Å². The summed E-state index contributed by atoms with van der Waals surface area (Å²) in [7, 11) is 0. The van der Waals surface area contributed by atoms with Gasteiger partial charge in [0.15, 0.2) is 0 Å². The highest BCUT2D eigenvalue weighted by molar-refractivity contribution is 5.82. The fraction of sp³-hybridized carbons (Fsp3) is 0.444. The Labute approximate surface area is 130 Å². The number of carbonyl (C=O) groups is 1. The monoisotopic (exact) mass is 298 g/mol. The molecule has 1 atom stereocenters. The van der Waals surface area contributed by atoms with Gasteiger partial charge in [0, 0.05) is 17.6 Å². The summed E-state index contributed by atoms with van der Waals surface area (Å²) in [6.07, 6.45) is 4.39. The van der Waals surface area contributed by atoms with Gasteiger partial charge >= 0.3 is 5.97 Å². The molecule has 4 nitrogen and oxygen atoms in total. The van der Waals surface area contributed by atoms with E-state index in [0.717, 1.165) is 37.9 Å². The summed E-state index contributed by atoms with van der Waals surface area (Å²) in [6.45, 7) is 3.90. The third kappa shape index (κ3) is 2.83. The maximum Gasteiger partial charge on any atom is 0.306 e. The maximum atomic E-state index is 11.1. The molecule has 1 unspecified atom stereocenters. The molecular weight excluding hydrogens is 276 g/mol. The van der Waals surface area contributed by atoms with E-state index in [1.165, 1.54) is 10.9 Å². The molecule has 0 amide bonds. The average molecular weight is 298 g/mol. The summed E-state index contributed by atoms with van der Waals surface area (Å²) in [5.41, 5.74) is 2.33. The fourth-order valence-electron chi connectivity index (χ4n) is 3.54. The van der Waals surface area contributed by atoms with Crippen molar-refractivity contribution in [2.75, 3.05) is 13.1 Å². The van der Waals surface area contributed by atoms with Gasteiger partial charge in [-0.15, -0.1) is 0 Å². The summed E-state index contributed by atoms with van der Waals surface area (Å²) in [4.78, 5) is 18.0. The first-order valence-electron chi connectivity index (χ1n) is 8.01. The van der Waals surface area contributed by atoms with E-state index in [4.69, 9.17) is 5.11 Å². The van der Waals surface area contributed by atoms with Crippen LogP contribution in [0.5, 0.6) is 0 Å². The van der Waals surface area contributed by atoms with E-state index >= 15 is 0 Å². The molecule has 0 aliphatic carbocycles. The van der Waals surface area contributed by atoms with Gasteiger partial charge in [0.1, 0.15) is 0 Å². The van der Waals surface area contributed by atoms with Crippen molar-refractivity contribution in [2.45, 2.75) is 32.2 Å². The Bertz CT molecular complexity index is 658. The van der Waals surface area contributed by atoms with Crippen molar-refractivity contribution in [3.8, 4) is 0 Å². The number of carboxylic acid groups (broad SMARTS) is 1. The van der Waals surface area contributed by atoms with Gasteiger partial charge in [-0.3, -0.25) is 14.7 Å². The van der Waals surface area contributed by atoms with Gasteiger partial charge in [-0.05, 0) is 50.0 Å². The summed E-state index contributed by atoms with van der Waals surface area (Å²) < 4.78 is 0. The lowest BCUT2D eigenvalue weighted by molar-refractivity contribution is -0.143. The number of benzene rings is 1. The van der Waals surface area contributed by atoms with Crippen LogP contribution < -0.4 is 0 Å². The van der Waals surface area contributed by atoms with Crippen LogP contribution in [-0.2, 0) is 4.79 Å². The molecule has 1 saturated heterocycles. The van der Waals surface area contributed by atoms with E-state index in [0.29, 0.717) is 6.04 Å². The summed E-state index contributed by atoms with van der Waals surface area (Å²) >= 11 is 0. The third-order valence-electron chi connectivity index (χ3n) is 4.75. The summed E-state index contributed by atoms with van der Waals surface area (Å²) in [5, 5.41) is 10.4. The molecular formula is C18H22N2O2. The Hall–Kier alpha value is -1.94. The number of likely N-dealkylation sites (tertiary alicyclic amines) is 1. The Kier molecular flexibility index (Phi) is 4.39. The Morgan fingerprint density at radius 2 is 2.05 bits per heavy atom. The minimum Gasteiger partial charge on any atom is -0.481 e. The van der Waals surface area contributed by atoms with Gasteiger partial charge in [0.2, 0.25) is 0 Å². The zero-order valence-corrected chi connectivity index (χ0v) is 12.9. The number of rotatable bonds is 4. The van der Waals surface area contributed by atoms with Crippen LogP contribution in [0.2, 0.25) is 0 Å². The number of piperidine rings is 1. The van der Waals surface area contributed by atoms with Crippen molar-refractivity contribution < 1.29 is 9.90 Å². The number of pyridine rings is 1. The molecule has 0 saturated carbocycles. The van der Waals surface area contributed by atoms with Crippen molar-refractivity contribution >= 4 is 16.9 Å². The number of para-hydroxylation sites is 1. The van der Waals surface area contributed by atoms with Gasteiger partial charge in [-0.25, -0.2) is 0 Å². The number of aliphatic carboxylic acids is 1. The lowest BCUT2D eigenvalue weighted by atomic mass is 9.92. The summed E-state index contributed by atoms with van der Waals surface area (Å²) in [5.74, 6) is -0.829. The second-order valence-electron chi connectivity index (χ2n) is 5.99. The van der Waals surface area contributed by atoms with Crippen molar-refractivity contribution in [3.05, 3.63) is 42.1 Å². The van der Waals surface area contributed by atoms with E-state index in [9.17, 15) is 4.79 Å². The molecule has 2 heterocycles. The van der Waals surface area contributed by atoms with Crippen molar-refractivity contribution in [1.29, 1.82) is 0 Å². The molecule has 1 aliphatic heterocycles. The molecule has 0 radical (unpaired) electrons. The molecule has 1 N–H and O–H groups in total. The number of aromatic nitrogens is 1. The van der Waals surface area contributed by atoms with Crippen LogP contribution in [0, 0.1) is 5.92 Å². The summed E-state index contributed by atoms with van der Waals surface area (Å²) in [6, 6.07) is 10.7. The molecule has 1 aromatic carbocycles. The fourth-order valence-corrected chi connectivity index (χ4v) is 3.54. The number of fused-ring (bicyclic) bond motifs is 1. The average Bonchev–Trinajstić information content (AvgIpc) is 2.56. The van der Waals surface area contributed by atoms with E-state index in [1.54, 1.807) is 0 Å². The van der Waals surface area contributed by atoms with Crippen LogP contribution in [0.1, 0.15) is 37.8 Å². The SMILES string of the molecule is CCC(c1ccnc2ccccc12)N1CCC(C(=O)O)CC1. The predicted molar refractivity (Wildman–Crippen MR) is 86.7 cm³/mol. The molecule has 2 aromatic rings. The third-order valence-corrected chi connectivity index (χ3v) is 4.75. The molecule has 1 aromatic heterocycles. The molecule has 1 aliphatic rings. The van der Waals surface area contributed by atoms with Crippen molar-refractivity contribution in [2.24, 2.45) is 5.92 Å². The Morgan fingerprint density at radius 1 is 1.32 bits per heavy atom. The highest BCUT2D eigenvalue weighted by Gasteiger charge is 2.29. The van der Waals surface area contributed by atoms with Crippen LogP contribution in [0.3, 0.4) is 0 Å². The lowest BCUT2D eigenvalue weighted by Gasteiger charge is -2.36. The smallest absolute Gasteiger partial charge is 0.306 e. The van der Waals surface area contributed by atoms with Gasteiger partial charge in [-0.2, -0.15) is 0 Å². The largest absolute Gasteiger partial charge is 0.481 e. The Balaban J connectivity index is 1.86. The van der Waals surface area contributed by atoms with Crippen LogP contribution >= 0.6 is 0 Å². The minimum atomic E-state index is -0.651. The van der Waals surface area contributed by atoms with Crippen LogP contribution in [0.15, 0.2) is 36.5 Å². The van der Waals surface area contributed by atoms with Crippen LogP contribution in [0.25, 0.3) is 10.9 Å². The maximum absolute atomic E-state index is 11.1. The Morgan fingerprint density at radius 3 is 2.73 bits per heavy atom. The lowest BCUT2D eigenvalue weighted by Crippen LogP contribution is -2.38. The number of hydrogen-bond acceptors (Lipinski definition) is 3. The first kappa shape index (κ1) is 15.0. The molecule has 116 valence electrons. The molecule has 0 spiro atoms. The van der Waals surface area contributed by atoms with Gasteiger partial charge in [-0.1, -0.05) is 25.1 Å². The van der Waals surface area contributed by atoms with Crippen LogP contribution in [0.4, 0.5) is 0 Å². The first-order valence-corrected chi connectivity index (χ1v) is 8.01. The molecule has 0 bridgehead atoms. The van der Waals surface area contributed by atoms with Crippen molar-refractivity contribution in [1.82, 2.24) is 9.88 Å². The van der Waals surface area contributed by atoms with Gasteiger partial charge in [0.05, 0.1) is 11.4 Å². The molecule has 22 heavy (non-hydrogen) atoms. The number of carboxylic acids is 1. The van der Waals surface area contributed by atoms with Gasteiger partial charge < -0.3 is 5.11 Å². The molecule has 4 heteroatoms. The molecule has 1 fully saturated rings. The molecule has 3 rings (SSSR count). The van der Waals surface area contributed by atoms with Crippen LogP contribution in [-0.4, -0.2) is 34.0 Å². The first-order chi connectivity index (χ1) is 10.7. The standard InChI is InChI=1S/C18H22N2O2/c1-2-17(20-11-8-13(9-12-20)18(21)22)15-7-10-19-16-6-4-3-5-14(15)16/h3-7,10,13,17H,2,8-9,11-12H2,1H3,(H,21,22). The van der Waals surface area contributed by atoms with E-state index in [-0.39, 0.29) is 5.92 Å². The zero-order valence-electron chi connectivity index (χ0n) is 12.9. The quantitative estimate of drug-likeness (QED) is 0.939. The van der Waals surface area contributed by atoms with E-state index in [1.807, 2.05) is 18.3 Å². The normalized spacial score (nSPS) is 18.4. The second-order valence-corrected chi connectivity index (χ2v) is 5.99. The predicted octanol–water partition coefficient (Wildman–Crippen LogP) is 3.48. The van der Waals surface area contributed by atoms with Gasteiger partial charge in [0.25, 0.3) is 0 Å². The van der Waals surface area contributed by atoms with E-state index in [2.05, 4.69) is 35.0 Å². The highest BCUT2D eigenvalue weighted by Crippen LogP contribution is 2.32. The number of hydrogen-bond donors (Lipinski definition) is 1. The minimum absolute atomic E-state index is 0.178. The topological polar surface area (TPSA) is 53.4 Å². The highest BCUT2D eigenvalue weighted by atomic mass is 16.4. The zero-order chi connectivity index (χ0) is 15.5. The van der Waals surface area contributed by atoms with Crippen molar-refractivity contribution in [3.63, 3.8) is 0 Å². The second kappa shape index (κ2) is 6.44. The number of nitrogens with zero attached hydrogens (tertiary/aromatic N) is 2.